The first-order valence-electron chi connectivity index (χ1n) is 9.84. The van der Waals surface area contributed by atoms with Crippen molar-refractivity contribution in [1.29, 1.82) is 0 Å². The number of nitrogens with zero attached hydrogens (tertiary/aromatic N) is 1. The van der Waals surface area contributed by atoms with Crippen LogP contribution in [0.15, 0.2) is 53.0 Å². The minimum atomic E-state index is -3.38. The quantitative estimate of drug-likeness (QED) is 0.676. The zero-order valence-electron chi connectivity index (χ0n) is 16.8. The molecule has 1 fully saturated rings. The Morgan fingerprint density at radius 1 is 1.10 bits per heavy atom. The second-order valence-corrected chi connectivity index (χ2v) is 10.6. The van der Waals surface area contributed by atoms with E-state index in [2.05, 4.69) is 21.2 Å². The van der Waals surface area contributed by atoms with Crippen LogP contribution in [0.2, 0.25) is 0 Å². The van der Waals surface area contributed by atoms with Crippen LogP contribution in [-0.2, 0) is 20.6 Å². The number of sulfonamides is 1. The van der Waals surface area contributed by atoms with Gasteiger partial charge in [-0.2, -0.15) is 0 Å². The maximum Gasteiger partial charge on any atom is 0.223 e. The molecule has 1 atom stereocenters. The largest absolute Gasteiger partial charge is 0.349 e. The number of nitrogens with one attached hydrogen (secondary N) is 1. The highest BCUT2D eigenvalue weighted by molar-refractivity contribution is 9.10. The standard InChI is InChI=1S/C22H27BrN2O3S/c1-16-3-7-19(8-4-16)17(2)24-22(26)20-11-13-25(14-12-20)29(27,28)15-18-5-9-21(23)10-6-18/h3-10,17,20H,11-15H2,1-2H3,(H,24,26). The van der Waals surface area contributed by atoms with Crippen LogP contribution in [-0.4, -0.2) is 31.7 Å². The molecule has 7 heteroatoms. The lowest BCUT2D eigenvalue weighted by Crippen LogP contribution is -2.43. The van der Waals surface area contributed by atoms with Crippen molar-refractivity contribution in [2.75, 3.05) is 13.1 Å². The van der Waals surface area contributed by atoms with Gasteiger partial charge in [0.2, 0.25) is 15.9 Å². The minimum Gasteiger partial charge on any atom is -0.349 e. The first-order chi connectivity index (χ1) is 13.7. The highest BCUT2D eigenvalue weighted by atomic mass is 79.9. The summed E-state index contributed by atoms with van der Waals surface area (Å²) in [7, 11) is -3.38. The van der Waals surface area contributed by atoms with Crippen molar-refractivity contribution in [3.63, 3.8) is 0 Å². The summed E-state index contributed by atoms with van der Waals surface area (Å²) in [5.74, 6) is -0.160. The van der Waals surface area contributed by atoms with Crippen LogP contribution < -0.4 is 5.32 Å². The zero-order chi connectivity index (χ0) is 21.0. The number of aryl methyl sites for hydroxylation is 1. The van der Waals surface area contributed by atoms with Crippen LogP contribution in [0.3, 0.4) is 0 Å². The monoisotopic (exact) mass is 478 g/mol. The fourth-order valence-electron chi connectivity index (χ4n) is 3.55. The highest BCUT2D eigenvalue weighted by Crippen LogP contribution is 2.23. The molecule has 1 saturated heterocycles. The van der Waals surface area contributed by atoms with E-state index in [1.807, 2.05) is 62.4 Å². The summed E-state index contributed by atoms with van der Waals surface area (Å²) in [6.45, 7) is 4.78. The summed E-state index contributed by atoms with van der Waals surface area (Å²) >= 11 is 3.36. The summed E-state index contributed by atoms with van der Waals surface area (Å²) in [5, 5.41) is 3.07. The lowest BCUT2D eigenvalue weighted by Gasteiger charge is -2.31. The van der Waals surface area contributed by atoms with E-state index in [9.17, 15) is 13.2 Å². The van der Waals surface area contributed by atoms with Crippen LogP contribution in [0.4, 0.5) is 0 Å². The van der Waals surface area contributed by atoms with Crippen molar-refractivity contribution < 1.29 is 13.2 Å². The molecule has 2 aromatic rings. The first kappa shape index (κ1) is 22.0. The lowest BCUT2D eigenvalue weighted by molar-refractivity contribution is -0.126. The smallest absolute Gasteiger partial charge is 0.223 e. The van der Waals surface area contributed by atoms with Gasteiger partial charge in [0.05, 0.1) is 11.8 Å². The highest BCUT2D eigenvalue weighted by Gasteiger charge is 2.31. The molecule has 2 aromatic carbocycles. The predicted molar refractivity (Wildman–Crippen MR) is 119 cm³/mol. The van der Waals surface area contributed by atoms with E-state index in [1.54, 1.807) is 0 Å². The normalized spacial score (nSPS) is 17.1. The van der Waals surface area contributed by atoms with Crippen LogP contribution >= 0.6 is 15.9 Å². The fraction of sp³-hybridized carbons (Fsp3) is 0.409. The third-order valence-electron chi connectivity index (χ3n) is 5.42. The van der Waals surface area contributed by atoms with E-state index in [0.29, 0.717) is 25.9 Å². The van der Waals surface area contributed by atoms with Crippen LogP contribution in [0, 0.1) is 12.8 Å². The Morgan fingerprint density at radius 3 is 2.28 bits per heavy atom. The second kappa shape index (κ2) is 9.41. The van der Waals surface area contributed by atoms with Gasteiger partial charge in [0.1, 0.15) is 0 Å². The molecule has 5 nitrogen and oxygen atoms in total. The van der Waals surface area contributed by atoms with Gasteiger partial charge in [-0.25, -0.2) is 12.7 Å². The van der Waals surface area contributed by atoms with Gasteiger partial charge in [-0.1, -0.05) is 57.9 Å². The van der Waals surface area contributed by atoms with Crippen LogP contribution in [0.25, 0.3) is 0 Å². The Kier molecular flexibility index (Phi) is 7.14. The first-order valence-corrected chi connectivity index (χ1v) is 12.2. The number of carbonyl (C=O) groups is 1. The molecule has 0 saturated carbocycles. The number of amides is 1. The Bertz CT molecular complexity index is 935. The van der Waals surface area contributed by atoms with Crippen molar-refractivity contribution in [3.8, 4) is 0 Å². The molecular weight excluding hydrogens is 452 g/mol. The molecule has 0 aromatic heterocycles. The van der Waals surface area contributed by atoms with Gasteiger partial charge in [0, 0.05) is 23.5 Å². The van der Waals surface area contributed by atoms with E-state index < -0.39 is 10.0 Å². The summed E-state index contributed by atoms with van der Waals surface area (Å²) in [4.78, 5) is 12.6. The Hall–Kier alpha value is -1.70. The SMILES string of the molecule is Cc1ccc(C(C)NC(=O)C2CCN(S(=O)(=O)Cc3ccc(Br)cc3)CC2)cc1. The molecule has 0 bridgehead atoms. The fourth-order valence-corrected chi connectivity index (χ4v) is 5.38. The number of carbonyl (C=O) groups excluding carboxylic acids is 1. The predicted octanol–water partition coefficient (Wildman–Crippen LogP) is 4.18. The molecule has 1 amide bonds. The molecule has 1 heterocycles. The van der Waals surface area contributed by atoms with Crippen molar-refractivity contribution in [3.05, 3.63) is 69.7 Å². The number of hydrogen-bond donors (Lipinski definition) is 1. The molecule has 0 radical (unpaired) electrons. The average molecular weight is 479 g/mol. The summed E-state index contributed by atoms with van der Waals surface area (Å²) in [6, 6.07) is 15.4. The molecule has 1 aliphatic rings. The topological polar surface area (TPSA) is 66.5 Å². The van der Waals surface area contributed by atoms with E-state index in [4.69, 9.17) is 0 Å². The summed E-state index contributed by atoms with van der Waals surface area (Å²) < 4.78 is 27.9. The van der Waals surface area contributed by atoms with Crippen molar-refractivity contribution in [1.82, 2.24) is 9.62 Å². The number of piperidine rings is 1. The van der Waals surface area contributed by atoms with E-state index in [0.717, 1.165) is 15.6 Å². The second-order valence-electron chi connectivity index (χ2n) is 7.70. The Morgan fingerprint density at radius 2 is 1.69 bits per heavy atom. The van der Waals surface area contributed by atoms with Crippen molar-refractivity contribution in [2.45, 2.75) is 38.5 Å². The van der Waals surface area contributed by atoms with E-state index in [1.165, 1.54) is 9.87 Å². The molecule has 0 spiro atoms. The van der Waals surface area contributed by atoms with Gasteiger partial charge < -0.3 is 5.32 Å². The molecular formula is C22H27BrN2O3S. The maximum atomic E-state index is 12.7. The summed E-state index contributed by atoms with van der Waals surface area (Å²) in [5.41, 5.74) is 3.02. The summed E-state index contributed by atoms with van der Waals surface area (Å²) in [6.07, 6.45) is 1.10. The van der Waals surface area contributed by atoms with Gasteiger partial charge >= 0.3 is 0 Å². The van der Waals surface area contributed by atoms with Gasteiger partial charge in [0.25, 0.3) is 0 Å². The minimum absolute atomic E-state index is 0.00281. The Labute approximate surface area is 181 Å². The average Bonchev–Trinajstić information content (AvgIpc) is 2.70. The molecule has 1 aliphatic heterocycles. The van der Waals surface area contributed by atoms with Crippen LogP contribution in [0.1, 0.15) is 42.5 Å². The van der Waals surface area contributed by atoms with Gasteiger partial charge in [-0.15, -0.1) is 0 Å². The number of benzene rings is 2. The van der Waals surface area contributed by atoms with Crippen LogP contribution in [0.5, 0.6) is 0 Å². The van der Waals surface area contributed by atoms with E-state index in [-0.39, 0.29) is 23.6 Å². The zero-order valence-corrected chi connectivity index (χ0v) is 19.2. The maximum absolute atomic E-state index is 12.7. The lowest BCUT2D eigenvalue weighted by atomic mass is 9.96. The molecule has 156 valence electrons. The van der Waals surface area contributed by atoms with Gasteiger partial charge in [0.15, 0.2) is 0 Å². The number of halogens is 1. The van der Waals surface area contributed by atoms with Crippen molar-refractivity contribution >= 4 is 31.9 Å². The van der Waals surface area contributed by atoms with E-state index >= 15 is 0 Å². The third-order valence-corrected chi connectivity index (χ3v) is 7.80. The van der Waals surface area contributed by atoms with Crippen molar-refractivity contribution in [2.24, 2.45) is 5.92 Å². The molecule has 3 rings (SSSR count). The molecule has 1 N–H and O–H groups in total. The Balaban J connectivity index is 1.53. The molecule has 1 unspecified atom stereocenters. The molecule has 0 aliphatic carbocycles. The number of rotatable bonds is 6. The third kappa shape index (κ3) is 5.90. The van der Waals surface area contributed by atoms with Gasteiger partial charge in [-0.3, -0.25) is 4.79 Å². The molecule has 29 heavy (non-hydrogen) atoms. The van der Waals surface area contributed by atoms with Gasteiger partial charge in [-0.05, 0) is 49.9 Å². The number of hydrogen-bond acceptors (Lipinski definition) is 3.